The molecule has 7 nitrogen and oxygen atoms in total. The first kappa shape index (κ1) is 26.8. The lowest BCUT2D eigenvalue weighted by Gasteiger charge is -2.31. The first-order chi connectivity index (χ1) is 16.9. The maximum absolute atomic E-state index is 13.1. The van der Waals surface area contributed by atoms with Gasteiger partial charge >= 0.3 is 5.97 Å². The number of rotatable bonds is 11. The molecule has 0 aliphatic carbocycles. The molecule has 0 N–H and O–H groups in total. The van der Waals surface area contributed by atoms with Crippen molar-refractivity contribution >= 4 is 41.1 Å². The van der Waals surface area contributed by atoms with E-state index in [4.69, 9.17) is 16.3 Å². The Balaban J connectivity index is 1.68. The molecule has 0 spiro atoms. The van der Waals surface area contributed by atoms with Gasteiger partial charge in [0.2, 0.25) is 0 Å². The molecule has 1 aromatic heterocycles. The van der Waals surface area contributed by atoms with Crippen LogP contribution in [0.25, 0.3) is 0 Å². The summed E-state index contributed by atoms with van der Waals surface area (Å²) >= 11 is 7.71. The summed E-state index contributed by atoms with van der Waals surface area (Å²) < 4.78 is 5.15. The van der Waals surface area contributed by atoms with Crippen molar-refractivity contribution < 1.29 is 14.3 Å². The van der Waals surface area contributed by atoms with Gasteiger partial charge in [0, 0.05) is 43.6 Å². The number of carbonyl (C=O) groups excluding carboxylic acids is 2. The Morgan fingerprint density at radius 1 is 1.26 bits per heavy atom. The van der Waals surface area contributed by atoms with Crippen LogP contribution in [0, 0.1) is 5.92 Å². The molecular weight excluding hydrogens is 484 g/mol. The number of hydrogen-bond acceptors (Lipinski definition) is 7. The normalized spacial score (nSPS) is 15.4. The Bertz CT molecular complexity index is 1050. The molecule has 1 aliphatic heterocycles. The molecular formula is C26H31ClN4O3S. The quantitative estimate of drug-likeness (QED) is 0.137. The molecule has 1 unspecified atom stereocenters. The van der Waals surface area contributed by atoms with Crippen LogP contribution in [0.3, 0.4) is 0 Å². The Morgan fingerprint density at radius 2 is 2.03 bits per heavy atom. The van der Waals surface area contributed by atoms with Crippen LogP contribution in [-0.2, 0) is 15.3 Å². The predicted molar refractivity (Wildman–Crippen MR) is 141 cm³/mol. The summed E-state index contributed by atoms with van der Waals surface area (Å²) in [7, 11) is 0. The van der Waals surface area contributed by atoms with E-state index in [-0.39, 0.29) is 17.8 Å². The average molecular weight is 515 g/mol. The molecule has 1 aromatic carbocycles. The Kier molecular flexibility index (Phi) is 10.2. The number of ether oxygens (including phenoxy) is 1. The highest BCUT2D eigenvalue weighted by Gasteiger charge is 2.29. The third kappa shape index (κ3) is 7.57. The maximum atomic E-state index is 13.1. The zero-order valence-electron chi connectivity index (χ0n) is 20.0. The van der Waals surface area contributed by atoms with Crippen molar-refractivity contribution in [3.8, 4) is 0 Å². The van der Waals surface area contributed by atoms with E-state index in [1.807, 2.05) is 23.1 Å². The smallest absolute Gasteiger partial charge is 0.310 e. The van der Waals surface area contributed by atoms with Gasteiger partial charge in [0.25, 0.3) is 5.91 Å². The minimum Gasteiger partial charge on any atom is -0.466 e. The molecule has 1 amide bonds. The Morgan fingerprint density at radius 3 is 2.74 bits per heavy atom. The highest BCUT2D eigenvalue weighted by atomic mass is 35.5. The summed E-state index contributed by atoms with van der Waals surface area (Å²) in [6, 6.07) is 9.25. The number of aromatic nitrogens is 2. The molecule has 3 rings (SSSR count). The topological polar surface area (TPSA) is 75.6 Å². The molecule has 9 heteroatoms. The van der Waals surface area contributed by atoms with Crippen LogP contribution in [0.2, 0.25) is 5.15 Å². The fourth-order valence-electron chi connectivity index (χ4n) is 3.92. The molecule has 1 saturated heterocycles. The van der Waals surface area contributed by atoms with Crippen molar-refractivity contribution in [2.24, 2.45) is 5.92 Å². The maximum Gasteiger partial charge on any atom is 0.310 e. The van der Waals surface area contributed by atoms with Crippen LogP contribution < -0.4 is 4.90 Å². The number of piperidine rings is 1. The van der Waals surface area contributed by atoms with Crippen molar-refractivity contribution in [3.05, 3.63) is 71.9 Å². The number of carbonyl (C=O) groups is 2. The SMILES string of the molecule is C=CCN(CC=C)c1cc(Cl)nc(SCc2cccc(C(=O)N3CCCC(C(=O)OCC)C3)c2)n1. The largest absolute Gasteiger partial charge is 0.466 e. The summed E-state index contributed by atoms with van der Waals surface area (Å²) in [5.41, 5.74) is 1.57. The first-order valence-electron chi connectivity index (χ1n) is 11.6. The Hall–Kier alpha value is -2.84. The van der Waals surface area contributed by atoms with Gasteiger partial charge in [-0.1, -0.05) is 47.6 Å². The van der Waals surface area contributed by atoms with E-state index in [2.05, 4.69) is 23.1 Å². The van der Waals surface area contributed by atoms with Crippen LogP contribution in [-0.4, -0.2) is 59.5 Å². The van der Waals surface area contributed by atoms with Crippen molar-refractivity contribution in [1.82, 2.24) is 14.9 Å². The van der Waals surface area contributed by atoms with E-state index in [0.29, 0.717) is 60.2 Å². The summed E-state index contributed by atoms with van der Waals surface area (Å²) in [4.78, 5) is 38.0. The average Bonchev–Trinajstić information content (AvgIpc) is 2.87. The molecule has 0 radical (unpaired) electrons. The highest BCUT2D eigenvalue weighted by molar-refractivity contribution is 7.98. The summed E-state index contributed by atoms with van der Waals surface area (Å²) in [6.07, 6.45) is 5.13. The van der Waals surface area contributed by atoms with Crippen LogP contribution in [0.1, 0.15) is 35.7 Å². The number of halogens is 1. The van der Waals surface area contributed by atoms with Gasteiger partial charge in [-0.3, -0.25) is 9.59 Å². The molecule has 0 bridgehead atoms. The Labute approximate surface area is 216 Å². The second kappa shape index (κ2) is 13.3. The second-order valence-corrected chi connectivity index (χ2v) is 9.47. The minimum atomic E-state index is -0.262. The molecule has 1 fully saturated rings. The summed E-state index contributed by atoms with van der Waals surface area (Å²) in [5, 5.41) is 0.913. The van der Waals surface area contributed by atoms with Crippen LogP contribution >= 0.6 is 23.4 Å². The van der Waals surface area contributed by atoms with Gasteiger partial charge in [-0.2, -0.15) is 0 Å². The number of likely N-dealkylation sites (tertiary alicyclic amines) is 1. The van der Waals surface area contributed by atoms with Crippen LogP contribution in [0.4, 0.5) is 5.82 Å². The molecule has 1 aliphatic rings. The molecule has 186 valence electrons. The second-order valence-electron chi connectivity index (χ2n) is 8.15. The highest BCUT2D eigenvalue weighted by Crippen LogP contribution is 2.26. The van der Waals surface area contributed by atoms with Gasteiger partial charge in [0.05, 0.1) is 12.5 Å². The molecule has 2 heterocycles. The number of esters is 1. The predicted octanol–water partition coefficient (Wildman–Crippen LogP) is 5.02. The molecule has 2 aromatic rings. The van der Waals surface area contributed by atoms with E-state index in [0.717, 1.165) is 18.4 Å². The van der Waals surface area contributed by atoms with Crippen molar-refractivity contribution in [3.63, 3.8) is 0 Å². The third-order valence-corrected chi connectivity index (χ3v) is 6.67. The van der Waals surface area contributed by atoms with E-state index in [1.54, 1.807) is 36.1 Å². The van der Waals surface area contributed by atoms with Gasteiger partial charge in [0.15, 0.2) is 5.16 Å². The first-order valence-corrected chi connectivity index (χ1v) is 13.0. The third-order valence-electron chi connectivity index (χ3n) is 5.55. The van der Waals surface area contributed by atoms with Gasteiger partial charge in [-0.25, -0.2) is 9.97 Å². The summed E-state index contributed by atoms with van der Waals surface area (Å²) in [5.74, 6) is 0.724. The molecule has 1 atom stereocenters. The standard InChI is InChI=1S/C26H31ClN4O3S/c1-4-12-30(13-5-2)23-16-22(27)28-26(29-23)35-18-19-9-7-10-20(15-19)24(32)31-14-8-11-21(17-31)25(33)34-6-3/h4-5,7,9-10,15-16,21H,1-2,6,8,11-14,17-18H2,3H3. The van der Waals surface area contributed by atoms with Crippen molar-refractivity contribution in [1.29, 1.82) is 0 Å². The molecule has 35 heavy (non-hydrogen) atoms. The van der Waals surface area contributed by atoms with Crippen LogP contribution in [0.15, 0.2) is 60.8 Å². The van der Waals surface area contributed by atoms with Crippen LogP contribution in [0.5, 0.6) is 0 Å². The number of thioether (sulfide) groups is 1. The number of benzene rings is 1. The van der Waals surface area contributed by atoms with Gasteiger partial charge in [-0.05, 0) is 37.5 Å². The zero-order valence-corrected chi connectivity index (χ0v) is 21.6. The summed E-state index contributed by atoms with van der Waals surface area (Å²) in [6.45, 7) is 12.0. The van der Waals surface area contributed by atoms with E-state index in [1.165, 1.54) is 11.8 Å². The van der Waals surface area contributed by atoms with Gasteiger partial charge < -0.3 is 14.5 Å². The fraction of sp³-hybridized carbons (Fsp3) is 0.385. The zero-order chi connectivity index (χ0) is 25.2. The van der Waals surface area contributed by atoms with E-state index < -0.39 is 0 Å². The van der Waals surface area contributed by atoms with Crippen molar-refractivity contribution in [2.75, 3.05) is 37.7 Å². The fourth-order valence-corrected chi connectivity index (χ4v) is 4.95. The lowest BCUT2D eigenvalue weighted by Crippen LogP contribution is -2.42. The lowest BCUT2D eigenvalue weighted by molar-refractivity contribution is -0.149. The minimum absolute atomic E-state index is 0.0726. The van der Waals surface area contributed by atoms with Gasteiger partial charge in [0.1, 0.15) is 11.0 Å². The van der Waals surface area contributed by atoms with E-state index >= 15 is 0 Å². The lowest BCUT2D eigenvalue weighted by atomic mass is 9.97. The monoisotopic (exact) mass is 514 g/mol. The number of nitrogens with zero attached hydrogens (tertiary/aromatic N) is 4. The molecule has 0 saturated carbocycles. The van der Waals surface area contributed by atoms with E-state index in [9.17, 15) is 9.59 Å². The number of amides is 1. The van der Waals surface area contributed by atoms with Gasteiger partial charge in [-0.15, -0.1) is 13.2 Å². The number of hydrogen-bond donors (Lipinski definition) is 0. The van der Waals surface area contributed by atoms with Crippen molar-refractivity contribution in [2.45, 2.75) is 30.7 Å². The number of anilines is 1.